The topological polar surface area (TPSA) is 29.1 Å². The van der Waals surface area contributed by atoms with Crippen LogP contribution in [0.2, 0.25) is 5.02 Å². The third kappa shape index (κ3) is 4.94. The van der Waals surface area contributed by atoms with E-state index in [4.69, 9.17) is 23.2 Å². The largest absolute Gasteiger partial charge is 0.348 e. The molecule has 0 spiro atoms. The number of rotatable bonds is 5. The number of benzene rings is 1. The monoisotopic (exact) mass is 399 g/mol. The summed E-state index contributed by atoms with van der Waals surface area (Å²) in [6, 6.07) is 5.27. The Bertz CT molecular complexity index is 423. The van der Waals surface area contributed by atoms with Crippen LogP contribution in [-0.2, 0) is 0 Å². The highest BCUT2D eigenvalue weighted by atomic mass is 127. The summed E-state index contributed by atoms with van der Waals surface area (Å²) in [5.74, 6) is 0.793. The van der Waals surface area contributed by atoms with Crippen molar-refractivity contribution < 1.29 is 4.79 Å². The van der Waals surface area contributed by atoms with Gasteiger partial charge in [-0.25, -0.2) is 0 Å². The molecule has 0 fully saturated rings. The molecule has 1 unspecified atom stereocenters. The summed E-state index contributed by atoms with van der Waals surface area (Å²) in [6.07, 6.45) is 0.867. The van der Waals surface area contributed by atoms with Crippen LogP contribution in [0.3, 0.4) is 0 Å². The zero-order valence-corrected chi connectivity index (χ0v) is 14.0. The molecule has 1 atom stereocenters. The van der Waals surface area contributed by atoms with Gasteiger partial charge in [-0.2, -0.15) is 0 Å². The van der Waals surface area contributed by atoms with E-state index in [9.17, 15) is 4.79 Å². The molecule has 1 amide bonds. The van der Waals surface area contributed by atoms with Crippen molar-refractivity contribution >= 4 is 51.7 Å². The van der Waals surface area contributed by atoms with Crippen LogP contribution in [0.4, 0.5) is 0 Å². The second kappa shape index (κ2) is 7.56. The van der Waals surface area contributed by atoms with Crippen molar-refractivity contribution in [3.63, 3.8) is 0 Å². The molecule has 1 N–H and O–H groups in total. The molecule has 2 nitrogen and oxygen atoms in total. The van der Waals surface area contributed by atoms with E-state index in [1.165, 1.54) is 0 Å². The highest BCUT2D eigenvalue weighted by Crippen LogP contribution is 2.18. The lowest BCUT2D eigenvalue weighted by Crippen LogP contribution is -2.37. The first kappa shape index (κ1) is 16.1. The van der Waals surface area contributed by atoms with E-state index < -0.39 is 0 Å². The smallest absolute Gasteiger partial charge is 0.252 e. The molecule has 100 valence electrons. The molecule has 0 saturated heterocycles. The zero-order chi connectivity index (χ0) is 13.7. The first-order valence-corrected chi connectivity index (χ1v) is 7.75. The summed E-state index contributed by atoms with van der Waals surface area (Å²) in [6.45, 7) is 4.21. The number of carbonyl (C=O) groups excluding carboxylic acids is 1. The Balaban J connectivity index is 2.77. The predicted octanol–water partition coefficient (Wildman–Crippen LogP) is 4.33. The third-order valence-electron chi connectivity index (χ3n) is 2.45. The lowest BCUT2D eigenvalue weighted by Gasteiger charge is -2.18. The Kier molecular flexibility index (Phi) is 6.74. The van der Waals surface area contributed by atoms with Gasteiger partial charge in [0.1, 0.15) is 0 Å². The number of carbonyl (C=O) groups is 1. The fourth-order valence-corrected chi connectivity index (χ4v) is 2.62. The van der Waals surface area contributed by atoms with E-state index in [1.807, 2.05) is 6.07 Å². The van der Waals surface area contributed by atoms with Gasteiger partial charge in [0.2, 0.25) is 0 Å². The Morgan fingerprint density at radius 2 is 2.11 bits per heavy atom. The van der Waals surface area contributed by atoms with Crippen LogP contribution in [0.5, 0.6) is 0 Å². The molecule has 0 aliphatic carbocycles. The maximum atomic E-state index is 12.1. The van der Waals surface area contributed by atoms with Crippen LogP contribution in [0.1, 0.15) is 30.6 Å². The second-order valence-electron chi connectivity index (χ2n) is 4.58. The molecule has 5 heteroatoms. The standard InChI is InChI=1S/C13H16Cl2INO/c1-8(2)5-10(7-14)17-13(18)11-6-9(15)3-4-12(11)16/h3-4,6,8,10H,5,7H2,1-2H3,(H,17,18). The molecule has 0 aromatic heterocycles. The van der Waals surface area contributed by atoms with Gasteiger partial charge in [-0.05, 0) is 53.1 Å². The minimum absolute atomic E-state index is 0.00560. The number of halogens is 3. The molecule has 1 aromatic carbocycles. The van der Waals surface area contributed by atoms with Gasteiger partial charge in [0.25, 0.3) is 5.91 Å². The van der Waals surface area contributed by atoms with Gasteiger partial charge in [0, 0.05) is 20.5 Å². The minimum atomic E-state index is -0.117. The highest BCUT2D eigenvalue weighted by molar-refractivity contribution is 14.1. The Morgan fingerprint density at radius 1 is 1.44 bits per heavy atom. The van der Waals surface area contributed by atoms with Crippen LogP contribution in [0.15, 0.2) is 18.2 Å². The van der Waals surface area contributed by atoms with Crippen molar-refractivity contribution in [1.82, 2.24) is 5.32 Å². The van der Waals surface area contributed by atoms with Crippen LogP contribution < -0.4 is 5.32 Å². The maximum absolute atomic E-state index is 12.1. The van der Waals surface area contributed by atoms with Gasteiger partial charge in [0.05, 0.1) is 5.56 Å². The number of hydrogen-bond donors (Lipinski definition) is 1. The molecular weight excluding hydrogens is 384 g/mol. The van der Waals surface area contributed by atoms with Gasteiger partial charge < -0.3 is 5.32 Å². The average molecular weight is 400 g/mol. The third-order valence-corrected chi connectivity index (χ3v) is 4.00. The Labute approximate surface area is 132 Å². The first-order chi connectivity index (χ1) is 8.43. The van der Waals surface area contributed by atoms with Gasteiger partial charge in [-0.1, -0.05) is 25.4 Å². The molecule has 1 rings (SSSR count). The van der Waals surface area contributed by atoms with E-state index >= 15 is 0 Å². The molecule has 0 bridgehead atoms. The molecule has 0 saturated carbocycles. The van der Waals surface area contributed by atoms with Crippen molar-refractivity contribution in [2.75, 3.05) is 5.88 Å². The predicted molar refractivity (Wildman–Crippen MR) is 85.6 cm³/mol. The van der Waals surface area contributed by atoms with Gasteiger partial charge in [-0.3, -0.25) is 4.79 Å². The fourth-order valence-electron chi connectivity index (χ4n) is 1.66. The van der Waals surface area contributed by atoms with Crippen molar-refractivity contribution in [3.05, 3.63) is 32.4 Å². The molecule has 0 aliphatic heterocycles. The van der Waals surface area contributed by atoms with E-state index in [1.54, 1.807) is 12.1 Å². The molecule has 0 radical (unpaired) electrons. The highest BCUT2D eigenvalue weighted by Gasteiger charge is 2.16. The van der Waals surface area contributed by atoms with E-state index in [0.29, 0.717) is 22.4 Å². The maximum Gasteiger partial charge on any atom is 0.252 e. The van der Waals surface area contributed by atoms with Crippen LogP contribution >= 0.6 is 45.8 Å². The Morgan fingerprint density at radius 3 is 2.67 bits per heavy atom. The normalized spacial score (nSPS) is 12.6. The summed E-state index contributed by atoms with van der Waals surface area (Å²) in [7, 11) is 0. The first-order valence-electron chi connectivity index (χ1n) is 5.76. The SMILES string of the molecule is CC(C)CC(CCl)NC(=O)c1cc(Cl)ccc1I. The van der Waals surface area contributed by atoms with Gasteiger partial charge in [-0.15, -0.1) is 11.6 Å². The fraction of sp³-hybridized carbons (Fsp3) is 0.462. The number of alkyl halides is 1. The van der Waals surface area contributed by atoms with Crippen molar-refractivity contribution in [2.45, 2.75) is 26.3 Å². The summed E-state index contributed by atoms with van der Waals surface area (Å²) in [4.78, 5) is 12.1. The number of hydrogen-bond acceptors (Lipinski definition) is 1. The number of amides is 1. The minimum Gasteiger partial charge on any atom is -0.348 e. The zero-order valence-electron chi connectivity index (χ0n) is 10.3. The molecular formula is C13H16Cl2INO. The Hall–Kier alpha value is -0.000000000000000111. The average Bonchev–Trinajstić information content (AvgIpc) is 2.30. The van der Waals surface area contributed by atoms with Crippen LogP contribution in [0, 0.1) is 9.49 Å². The van der Waals surface area contributed by atoms with Crippen LogP contribution in [-0.4, -0.2) is 17.8 Å². The summed E-state index contributed by atoms with van der Waals surface area (Å²) < 4.78 is 0.882. The lowest BCUT2D eigenvalue weighted by atomic mass is 10.0. The summed E-state index contributed by atoms with van der Waals surface area (Å²) in [5, 5.41) is 3.51. The molecule has 1 aromatic rings. The molecule has 18 heavy (non-hydrogen) atoms. The van der Waals surface area contributed by atoms with Crippen LogP contribution in [0.25, 0.3) is 0 Å². The van der Waals surface area contributed by atoms with Crippen molar-refractivity contribution in [1.29, 1.82) is 0 Å². The quantitative estimate of drug-likeness (QED) is 0.579. The van der Waals surface area contributed by atoms with E-state index in [0.717, 1.165) is 9.99 Å². The van der Waals surface area contributed by atoms with Gasteiger partial charge in [0.15, 0.2) is 0 Å². The van der Waals surface area contributed by atoms with Crippen molar-refractivity contribution in [3.8, 4) is 0 Å². The summed E-state index contributed by atoms with van der Waals surface area (Å²) >= 11 is 13.9. The molecule has 0 aliphatic rings. The number of nitrogens with one attached hydrogen (secondary N) is 1. The van der Waals surface area contributed by atoms with Gasteiger partial charge >= 0.3 is 0 Å². The lowest BCUT2D eigenvalue weighted by molar-refractivity contribution is 0.0936. The second-order valence-corrected chi connectivity index (χ2v) is 6.49. The van der Waals surface area contributed by atoms with E-state index in [-0.39, 0.29) is 11.9 Å². The summed E-state index contributed by atoms with van der Waals surface area (Å²) in [5.41, 5.74) is 0.599. The van der Waals surface area contributed by atoms with Crippen molar-refractivity contribution in [2.24, 2.45) is 5.92 Å². The molecule has 0 heterocycles. The van der Waals surface area contributed by atoms with E-state index in [2.05, 4.69) is 41.8 Å².